The lowest BCUT2D eigenvalue weighted by atomic mass is 10.2. The highest BCUT2D eigenvalue weighted by molar-refractivity contribution is 9.10. The van der Waals surface area contributed by atoms with Crippen LogP contribution in [-0.2, 0) is 6.54 Å². The van der Waals surface area contributed by atoms with Gasteiger partial charge in [0, 0.05) is 28.7 Å². The second-order valence-corrected chi connectivity index (χ2v) is 5.05. The maximum Gasteiger partial charge on any atom is 0.124 e. The van der Waals surface area contributed by atoms with Crippen LogP contribution in [0.3, 0.4) is 0 Å². The molecule has 0 amide bonds. The van der Waals surface area contributed by atoms with E-state index in [1.54, 1.807) is 20.3 Å². The Balaban J connectivity index is 2.12. The molecule has 4 nitrogen and oxygen atoms in total. The minimum absolute atomic E-state index is 0.205. The van der Waals surface area contributed by atoms with E-state index in [0.29, 0.717) is 12.3 Å². The van der Waals surface area contributed by atoms with Crippen molar-refractivity contribution in [3.8, 4) is 17.2 Å². The smallest absolute Gasteiger partial charge is 0.124 e. The Morgan fingerprint density at radius 2 is 1.70 bits per heavy atom. The average molecular weight is 338 g/mol. The number of aromatic hydroxyl groups is 1. The van der Waals surface area contributed by atoms with Gasteiger partial charge in [0.25, 0.3) is 0 Å². The first-order chi connectivity index (χ1) is 9.63. The highest BCUT2D eigenvalue weighted by atomic mass is 79.9. The molecular formula is C15H16BrNO3. The topological polar surface area (TPSA) is 50.7 Å². The Hall–Kier alpha value is -1.88. The molecule has 106 valence electrons. The van der Waals surface area contributed by atoms with Crippen LogP contribution in [0.15, 0.2) is 40.9 Å². The molecule has 2 N–H and O–H groups in total. The molecule has 0 saturated heterocycles. The molecule has 0 aromatic heterocycles. The van der Waals surface area contributed by atoms with E-state index in [1.807, 2.05) is 30.3 Å². The van der Waals surface area contributed by atoms with Crippen molar-refractivity contribution in [2.24, 2.45) is 0 Å². The summed E-state index contributed by atoms with van der Waals surface area (Å²) in [5.41, 5.74) is 1.69. The number of hydrogen-bond acceptors (Lipinski definition) is 4. The molecule has 0 spiro atoms. The van der Waals surface area contributed by atoms with Gasteiger partial charge in [-0.05, 0) is 40.2 Å². The maximum absolute atomic E-state index is 9.91. The van der Waals surface area contributed by atoms with Crippen LogP contribution in [0.4, 0.5) is 5.69 Å². The number of ether oxygens (including phenoxy) is 2. The summed E-state index contributed by atoms with van der Waals surface area (Å²) >= 11 is 3.47. The normalized spacial score (nSPS) is 10.2. The zero-order valence-corrected chi connectivity index (χ0v) is 12.9. The highest BCUT2D eigenvalue weighted by Crippen LogP contribution is 2.29. The lowest BCUT2D eigenvalue weighted by molar-refractivity contribution is 0.406. The lowest BCUT2D eigenvalue weighted by Crippen LogP contribution is -2.01. The third kappa shape index (κ3) is 3.36. The van der Waals surface area contributed by atoms with E-state index >= 15 is 0 Å². The molecule has 0 radical (unpaired) electrons. The summed E-state index contributed by atoms with van der Waals surface area (Å²) < 4.78 is 11.2. The predicted molar refractivity (Wildman–Crippen MR) is 82.7 cm³/mol. The van der Waals surface area contributed by atoms with E-state index in [-0.39, 0.29) is 5.75 Å². The van der Waals surface area contributed by atoms with E-state index in [4.69, 9.17) is 9.47 Å². The lowest BCUT2D eigenvalue weighted by Gasteiger charge is -2.12. The van der Waals surface area contributed by atoms with Gasteiger partial charge in [-0.15, -0.1) is 0 Å². The molecule has 0 bridgehead atoms. The number of rotatable bonds is 5. The van der Waals surface area contributed by atoms with Gasteiger partial charge in [-0.2, -0.15) is 0 Å². The van der Waals surface area contributed by atoms with Crippen molar-refractivity contribution in [2.45, 2.75) is 6.54 Å². The van der Waals surface area contributed by atoms with Crippen LogP contribution in [0.25, 0.3) is 0 Å². The van der Waals surface area contributed by atoms with Gasteiger partial charge in [-0.3, -0.25) is 0 Å². The molecule has 0 fully saturated rings. The number of methoxy groups -OCH3 is 2. The van der Waals surface area contributed by atoms with Crippen LogP contribution in [-0.4, -0.2) is 19.3 Å². The van der Waals surface area contributed by atoms with Gasteiger partial charge in [-0.1, -0.05) is 0 Å². The Kier molecular flexibility index (Phi) is 4.74. The second-order valence-electron chi connectivity index (χ2n) is 4.19. The van der Waals surface area contributed by atoms with Crippen LogP contribution >= 0.6 is 15.9 Å². The van der Waals surface area contributed by atoms with Crippen molar-refractivity contribution >= 4 is 21.6 Å². The zero-order chi connectivity index (χ0) is 14.5. The van der Waals surface area contributed by atoms with Gasteiger partial charge >= 0.3 is 0 Å². The zero-order valence-electron chi connectivity index (χ0n) is 11.3. The number of phenols is 1. The molecule has 5 heteroatoms. The molecule has 2 aromatic carbocycles. The average Bonchev–Trinajstić information content (AvgIpc) is 2.47. The van der Waals surface area contributed by atoms with E-state index in [2.05, 4.69) is 21.2 Å². The number of benzene rings is 2. The molecule has 0 aliphatic rings. The van der Waals surface area contributed by atoms with Crippen molar-refractivity contribution in [3.05, 3.63) is 46.4 Å². The van der Waals surface area contributed by atoms with Crippen molar-refractivity contribution < 1.29 is 14.6 Å². The fraction of sp³-hybridized carbons (Fsp3) is 0.200. The summed E-state index contributed by atoms with van der Waals surface area (Å²) in [7, 11) is 3.20. The number of hydrogen-bond donors (Lipinski definition) is 2. The second kappa shape index (κ2) is 6.52. The molecule has 0 unspecified atom stereocenters. The Morgan fingerprint density at radius 1 is 1.05 bits per heavy atom. The summed E-state index contributed by atoms with van der Waals surface area (Å²) in [5.74, 6) is 1.61. The van der Waals surface area contributed by atoms with E-state index < -0.39 is 0 Å². The largest absolute Gasteiger partial charge is 0.507 e. The van der Waals surface area contributed by atoms with Gasteiger partial charge in [0.15, 0.2) is 0 Å². The Bertz CT molecular complexity index is 602. The summed E-state index contributed by atoms with van der Waals surface area (Å²) in [6.07, 6.45) is 0. The minimum Gasteiger partial charge on any atom is -0.507 e. The Morgan fingerprint density at radius 3 is 2.35 bits per heavy atom. The molecule has 2 aromatic rings. The fourth-order valence-corrected chi connectivity index (χ4v) is 2.16. The van der Waals surface area contributed by atoms with Crippen molar-refractivity contribution in [1.29, 1.82) is 0 Å². The number of nitrogens with one attached hydrogen (secondary N) is 1. The molecule has 20 heavy (non-hydrogen) atoms. The molecule has 0 aliphatic carbocycles. The predicted octanol–water partition coefficient (Wildman–Crippen LogP) is 3.78. The van der Waals surface area contributed by atoms with E-state index in [0.717, 1.165) is 21.5 Å². The summed E-state index contributed by atoms with van der Waals surface area (Å²) in [4.78, 5) is 0. The van der Waals surface area contributed by atoms with Crippen LogP contribution in [0, 0.1) is 0 Å². The number of anilines is 1. The fourth-order valence-electron chi connectivity index (χ4n) is 1.78. The summed E-state index contributed by atoms with van der Waals surface area (Å²) in [6.45, 7) is 0.502. The van der Waals surface area contributed by atoms with Gasteiger partial charge in [0.2, 0.25) is 0 Å². The van der Waals surface area contributed by atoms with Gasteiger partial charge in [0.05, 0.1) is 19.9 Å². The SMILES string of the molecule is COc1ccc(CNc2cc(OC)ccc2Br)c(O)c1. The summed E-state index contributed by atoms with van der Waals surface area (Å²) in [5, 5.41) is 13.2. The molecule has 0 saturated carbocycles. The van der Waals surface area contributed by atoms with Crippen molar-refractivity contribution in [3.63, 3.8) is 0 Å². The van der Waals surface area contributed by atoms with Gasteiger partial charge in [-0.25, -0.2) is 0 Å². The monoisotopic (exact) mass is 337 g/mol. The number of phenolic OH excluding ortho intramolecular Hbond substituents is 1. The van der Waals surface area contributed by atoms with Crippen LogP contribution < -0.4 is 14.8 Å². The molecule has 0 aliphatic heterocycles. The molecular weight excluding hydrogens is 322 g/mol. The standard InChI is InChI=1S/C15H16BrNO3/c1-19-11-5-6-13(16)14(7-11)17-9-10-3-4-12(20-2)8-15(10)18/h3-8,17-18H,9H2,1-2H3. The first kappa shape index (κ1) is 14.5. The van der Waals surface area contributed by atoms with Gasteiger partial charge < -0.3 is 19.9 Å². The maximum atomic E-state index is 9.91. The Labute approximate surface area is 126 Å². The van der Waals surface area contributed by atoms with Crippen LogP contribution in [0.1, 0.15) is 5.56 Å². The molecule has 0 heterocycles. The van der Waals surface area contributed by atoms with Crippen LogP contribution in [0.2, 0.25) is 0 Å². The van der Waals surface area contributed by atoms with E-state index in [9.17, 15) is 5.11 Å². The van der Waals surface area contributed by atoms with Crippen molar-refractivity contribution in [1.82, 2.24) is 0 Å². The van der Waals surface area contributed by atoms with Crippen molar-refractivity contribution in [2.75, 3.05) is 19.5 Å². The number of halogens is 1. The minimum atomic E-state index is 0.205. The molecule has 2 rings (SSSR count). The highest BCUT2D eigenvalue weighted by Gasteiger charge is 2.05. The van der Waals surface area contributed by atoms with Gasteiger partial charge in [0.1, 0.15) is 17.2 Å². The first-order valence-electron chi connectivity index (χ1n) is 6.07. The summed E-state index contributed by atoms with van der Waals surface area (Å²) in [6, 6.07) is 10.9. The third-order valence-electron chi connectivity index (χ3n) is 2.94. The van der Waals surface area contributed by atoms with E-state index in [1.165, 1.54) is 0 Å². The third-order valence-corrected chi connectivity index (χ3v) is 3.63. The first-order valence-corrected chi connectivity index (χ1v) is 6.86. The van der Waals surface area contributed by atoms with Crippen LogP contribution in [0.5, 0.6) is 17.2 Å². The quantitative estimate of drug-likeness (QED) is 0.871. The molecule has 0 atom stereocenters.